The van der Waals surface area contributed by atoms with Crippen molar-refractivity contribution < 1.29 is 4.52 Å². The van der Waals surface area contributed by atoms with Crippen molar-refractivity contribution in [3.8, 4) is 0 Å². The molecule has 1 rings (SSSR count). The summed E-state index contributed by atoms with van der Waals surface area (Å²) in [6.45, 7) is 11.2. The van der Waals surface area contributed by atoms with Gasteiger partial charge >= 0.3 is 0 Å². The molecule has 0 radical (unpaired) electrons. The normalized spacial score (nSPS) is 17.5. The Hall–Kier alpha value is -0.270. The quantitative estimate of drug-likeness (QED) is 0.632. The fourth-order valence-corrected chi connectivity index (χ4v) is 4.16. The van der Waals surface area contributed by atoms with E-state index in [2.05, 4.69) is 37.0 Å². The molecule has 0 N–H and O–H groups in total. The molecule has 1 aliphatic heterocycles. The van der Waals surface area contributed by atoms with Gasteiger partial charge in [0, 0.05) is 31.6 Å². The third kappa shape index (κ3) is 3.35. The van der Waals surface area contributed by atoms with Crippen LogP contribution in [0.5, 0.6) is 0 Å². The number of hydrogen-bond acceptors (Lipinski definition) is 3. The van der Waals surface area contributed by atoms with Crippen LogP contribution in [-0.2, 0) is 4.52 Å². The lowest BCUT2D eigenvalue weighted by Crippen LogP contribution is -2.20. The summed E-state index contributed by atoms with van der Waals surface area (Å²) in [7, 11) is 1.26. The molecule has 3 nitrogen and oxygen atoms in total. The van der Waals surface area contributed by atoms with Crippen molar-refractivity contribution in [3.63, 3.8) is 0 Å². The van der Waals surface area contributed by atoms with Gasteiger partial charge in [-0.25, -0.2) is 0 Å². The topological polar surface area (TPSA) is 15.7 Å². The molecular weight excluding hydrogens is 231 g/mol. The van der Waals surface area contributed by atoms with E-state index >= 15 is 0 Å². The summed E-state index contributed by atoms with van der Waals surface area (Å²) in [5.41, 5.74) is 2.81. The lowest BCUT2D eigenvalue weighted by Gasteiger charge is -2.31. The minimum atomic E-state index is -0.579. The van der Waals surface area contributed by atoms with Crippen molar-refractivity contribution in [2.45, 2.75) is 53.4 Å². The van der Waals surface area contributed by atoms with Crippen LogP contribution in [0.3, 0.4) is 0 Å². The van der Waals surface area contributed by atoms with E-state index in [4.69, 9.17) is 4.52 Å². The Morgan fingerprint density at radius 2 is 1.35 bits per heavy atom. The summed E-state index contributed by atoms with van der Waals surface area (Å²) in [6, 6.07) is 0. The molecule has 0 spiro atoms. The number of rotatable bonds is 7. The smallest absolute Gasteiger partial charge is 0.247 e. The molecule has 0 fully saturated rings. The van der Waals surface area contributed by atoms with Crippen LogP contribution in [0.2, 0.25) is 0 Å². The first kappa shape index (κ1) is 14.8. The van der Waals surface area contributed by atoms with Crippen molar-refractivity contribution in [1.29, 1.82) is 0 Å². The van der Waals surface area contributed by atoms with E-state index < -0.39 is 8.45 Å². The second-order valence-electron chi connectivity index (χ2n) is 4.56. The van der Waals surface area contributed by atoms with Crippen LogP contribution < -0.4 is 0 Å². The lowest BCUT2D eigenvalue weighted by molar-refractivity contribution is 0.362. The van der Waals surface area contributed by atoms with Crippen molar-refractivity contribution in [2.75, 3.05) is 20.2 Å². The summed E-state index contributed by atoms with van der Waals surface area (Å²) >= 11 is 0. The third-order valence-electron chi connectivity index (χ3n) is 3.32. The van der Waals surface area contributed by atoms with Gasteiger partial charge in [-0.05, 0) is 26.7 Å². The summed E-state index contributed by atoms with van der Waals surface area (Å²) in [5, 5.41) is 0. The second-order valence-corrected chi connectivity index (χ2v) is 6.40. The summed E-state index contributed by atoms with van der Waals surface area (Å²) < 4.78 is 10.7. The van der Waals surface area contributed by atoms with Gasteiger partial charge < -0.3 is 13.9 Å². The average molecular weight is 258 g/mol. The number of unbranched alkanes of at least 4 members (excludes halogenated alkanes) is 2. The molecule has 0 aromatic rings. The predicted octanol–water partition coefficient (Wildman–Crippen LogP) is 4.33. The maximum atomic E-state index is 5.75. The van der Waals surface area contributed by atoms with Gasteiger partial charge in [-0.15, -0.1) is 0 Å². The minimum absolute atomic E-state index is 0.579. The molecule has 0 amide bonds. The fraction of sp³-hybridized carbons (Fsp3) is 0.846. The van der Waals surface area contributed by atoms with Gasteiger partial charge in [0.1, 0.15) is 0 Å². The van der Waals surface area contributed by atoms with Gasteiger partial charge in [0.05, 0.1) is 0 Å². The van der Waals surface area contributed by atoms with Crippen LogP contribution in [0, 0.1) is 0 Å². The highest BCUT2D eigenvalue weighted by Gasteiger charge is 2.34. The molecule has 0 aliphatic carbocycles. The molecule has 0 aromatic carbocycles. The molecule has 0 unspecified atom stereocenters. The van der Waals surface area contributed by atoms with Crippen LogP contribution in [-0.4, -0.2) is 29.5 Å². The zero-order valence-corrected chi connectivity index (χ0v) is 12.9. The van der Waals surface area contributed by atoms with Crippen LogP contribution in [0.4, 0.5) is 0 Å². The Morgan fingerprint density at radius 3 is 1.65 bits per heavy atom. The molecule has 0 saturated heterocycles. The largest absolute Gasteiger partial charge is 0.326 e. The summed E-state index contributed by atoms with van der Waals surface area (Å²) in [5.74, 6) is 0. The minimum Gasteiger partial charge on any atom is -0.326 e. The van der Waals surface area contributed by atoms with Crippen molar-refractivity contribution in [3.05, 3.63) is 11.4 Å². The van der Waals surface area contributed by atoms with E-state index in [1.807, 2.05) is 7.11 Å². The standard InChI is InChI=1S/C13H27N2OP/c1-6-8-10-14-12(3)13(4)15(11-9-7-2)17(14)16-5/h6-11H2,1-5H3. The van der Waals surface area contributed by atoms with Gasteiger partial charge in [0.25, 0.3) is 0 Å². The first-order chi connectivity index (χ1) is 8.17. The van der Waals surface area contributed by atoms with E-state index in [1.54, 1.807) is 0 Å². The van der Waals surface area contributed by atoms with E-state index in [0.29, 0.717) is 0 Å². The van der Waals surface area contributed by atoms with Crippen molar-refractivity contribution >= 4 is 8.45 Å². The van der Waals surface area contributed by atoms with Gasteiger partial charge in [0.2, 0.25) is 8.45 Å². The van der Waals surface area contributed by atoms with Crippen LogP contribution >= 0.6 is 8.45 Å². The average Bonchev–Trinajstić information content (AvgIpc) is 2.57. The van der Waals surface area contributed by atoms with Crippen LogP contribution in [0.1, 0.15) is 53.4 Å². The third-order valence-corrected chi connectivity index (χ3v) is 5.47. The molecule has 0 aromatic heterocycles. The predicted molar refractivity (Wildman–Crippen MR) is 75.5 cm³/mol. The zero-order chi connectivity index (χ0) is 12.8. The van der Waals surface area contributed by atoms with Crippen molar-refractivity contribution in [1.82, 2.24) is 9.34 Å². The summed E-state index contributed by atoms with van der Waals surface area (Å²) in [6.07, 6.45) is 4.97. The van der Waals surface area contributed by atoms with Gasteiger partial charge in [-0.3, -0.25) is 0 Å². The Labute approximate surface area is 108 Å². The number of hydrogen-bond donors (Lipinski definition) is 0. The summed E-state index contributed by atoms with van der Waals surface area (Å²) in [4.78, 5) is 0. The van der Waals surface area contributed by atoms with Gasteiger partial charge in [-0.1, -0.05) is 26.7 Å². The molecule has 17 heavy (non-hydrogen) atoms. The monoisotopic (exact) mass is 258 g/mol. The van der Waals surface area contributed by atoms with Gasteiger partial charge in [0.15, 0.2) is 0 Å². The van der Waals surface area contributed by atoms with Crippen LogP contribution in [0.15, 0.2) is 11.4 Å². The van der Waals surface area contributed by atoms with E-state index in [9.17, 15) is 0 Å². The highest BCUT2D eigenvalue weighted by Crippen LogP contribution is 2.55. The number of nitrogens with zero attached hydrogens (tertiary/aromatic N) is 2. The molecule has 1 heterocycles. The SMILES string of the molecule is CCCCN1C(C)=C(C)N(CCCC)P1OC. The number of allylic oxidation sites excluding steroid dienone is 2. The highest BCUT2D eigenvalue weighted by molar-refractivity contribution is 7.48. The molecule has 0 atom stereocenters. The Balaban J connectivity index is 2.72. The second kappa shape index (κ2) is 7.23. The first-order valence-corrected chi connectivity index (χ1v) is 7.90. The fourth-order valence-electron chi connectivity index (χ4n) is 2.08. The molecule has 0 saturated carbocycles. The highest BCUT2D eigenvalue weighted by atomic mass is 31.2. The van der Waals surface area contributed by atoms with Gasteiger partial charge in [-0.2, -0.15) is 0 Å². The van der Waals surface area contributed by atoms with E-state index in [0.717, 1.165) is 13.1 Å². The molecule has 1 aliphatic rings. The molecular formula is C13H27N2OP. The Bertz CT molecular complexity index is 244. The Morgan fingerprint density at radius 1 is 0.941 bits per heavy atom. The van der Waals surface area contributed by atoms with E-state index in [-0.39, 0.29) is 0 Å². The maximum absolute atomic E-state index is 5.75. The maximum Gasteiger partial charge on any atom is 0.247 e. The van der Waals surface area contributed by atoms with Crippen LogP contribution in [0.25, 0.3) is 0 Å². The van der Waals surface area contributed by atoms with Crippen molar-refractivity contribution in [2.24, 2.45) is 0 Å². The molecule has 0 bridgehead atoms. The zero-order valence-electron chi connectivity index (χ0n) is 12.0. The lowest BCUT2D eigenvalue weighted by atomic mass is 10.3. The molecule has 100 valence electrons. The first-order valence-electron chi connectivity index (χ1n) is 6.73. The molecule has 4 heteroatoms. The Kier molecular flexibility index (Phi) is 6.29. The van der Waals surface area contributed by atoms with E-state index in [1.165, 1.54) is 37.1 Å².